The van der Waals surface area contributed by atoms with E-state index in [1.54, 1.807) is 29.2 Å². The van der Waals surface area contributed by atoms with Gasteiger partial charge >= 0.3 is 0 Å². The summed E-state index contributed by atoms with van der Waals surface area (Å²) >= 11 is 6.29. The molecule has 1 aromatic heterocycles. The Balaban J connectivity index is 1.18. The lowest BCUT2D eigenvalue weighted by molar-refractivity contribution is -0.132. The Morgan fingerprint density at radius 3 is 2.07 bits per heavy atom. The van der Waals surface area contributed by atoms with E-state index in [-0.39, 0.29) is 24.4 Å². The maximum atomic E-state index is 13.3. The molecule has 0 N–H and O–H groups in total. The Morgan fingerprint density at radius 1 is 0.805 bits per heavy atom. The fraction of sp³-hybridized carbons (Fsp3) is 0.273. The van der Waals surface area contributed by atoms with E-state index in [4.69, 9.17) is 11.6 Å². The number of benzene rings is 3. The van der Waals surface area contributed by atoms with Gasteiger partial charge in [0.1, 0.15) is 6.54 Å². The maximum absolute atomic E-state index is 13.3. The minimum absolute atomic E-state index is 0.0244. The van der Waals surface area contributed by atoms with E-state index in [1.165, 1.54) is 5.56 Å². The van der Waals surface area contributed by atoms with Gasteiger partial charge in [-0.2, -0.15) is 0 Å². The molecule has 2 heterocycles. The SMILES string of the molecule is CCC(C)N(CC(=O)N1CCN(c2ccc(-c3ccc(-c4ccccc4)cc3)nn2)CC1)C(=O)c1ccccc1Cl. The van der Waals surface area contributed by atoms with Crippen LogP contribution in [0.2, 0.25) is 5.02 Å². The van der Waals surface area contributed by atoms with E-state index in [0.717, 1.165) is 29.1 Å². The number of hydrogen-bond acceptors (Lipinski definition) is 5. The summed E-state index contributed by atoms with van der Waals surface area (Å²) in [6.07, 6.45) is 0.739. The molecule has 3 aromatic carbocycles. The third-order valence-corrected chi connectivity index (χ3v) is 8.02. The highest BCUT2D eigenvalue weighted by atomic mass is 35.5. The number of aromatic nitrogens is 2. The molecule has 7 nitrogen and oxygen atoms in total. The maximum Gasteiger partial charge on any atom is 0.256 e. The van der Waals surface area contributed by atoms with Crippen molar-refractivity contribution in [2.45, 2.75) is 26.3 Å². The average Bonchev–Trinajstić information content (AvgIpc) is 3.04. The van der Waals surface area contributed by atoms with Gasteiger partial charge in [-0.1, -0.05) is 85.3 Å². The van der Waals surface area contributed by atoms with Crippen LogP contribution in [0.1, 0.15) is 30.6 Å². The topological polar surface area (TPSA) is 69.6 Å². The molecule has 5 rings (SSSR count). The summed E-state index contributed by atoms with van der Waals surface area (Å²) in [5, 5.41) is 9.35. The van der Waals surface area contributed by atoms with Crippen LogP contribution in [0.4, 0.5) is 5.82 Å². The van der Waals surface area contributed by atoms with Crippen molar-refractivity contribution in [1.82, 2.24) is 20.0 Å². The van der Waals surface area contributed by atoms with Crippen LogP contribution in [-0.2, 0) is 4.79 Å². The minimum Gasteiger partial charge on any atom is -0.352 e. The van der Waals surface area contributed by atoms with Gasteiger partial charge in [-0.25, -0.2) is 0 Å². The van der Waals surface area contributed by atoms with Gasteiger partial charge in [-0.3, -0.25) is 9.59 Å². The Hall–Kier alpha value is -4.23. The summed E-state index contributed by atoms with van der Waals surface area (Å²) in [7, 11) is 0. The van der Waals surface area contributed by atoms with E-state index >= 15 is 0 Å². The zero-order valence-electron chi connectivity index (χ0n) is 23.4. The normalized spacial score (nSPS) is 14.0. The predicted molar refractivity (Wildman–Crippen MR) is 164 cm³/mol. The number of amides is 2. The van der Waals surface area contributed by atoms with Crippen molar-refractivity contribution in [2.24, 2.45) is 0 Å². The highest BCUT2D eigenvalue weighted by Crippen LogP contribution is 2.25. The molecule has 1 fully saturated rings. The van der Waals surface area contributed by atoms with Crippen LogP contribution in [0.3, 0.4) is 0 Å². The van der Waals surface area contributed by atoms with Crippen LogP contribution in [0.25, 0.3) is 22.4 Å². The molecule has 1 atom stereocenters. The summed E-state index contributed by atoms with van der Waals surface area (Å²) < 4.78 is 0. The van der Waals surface area contributed by atoms with Gasteiger partial charge in [0.2, 0.25) is 5.91 Å². The van der Waals surface area contributed by atoms with Gasteiger partial charge in [-0.05, 0) is 48.7 Å². The van der Waals surface area contributed by atoms with Crippen LogP contribution >= 0.6 is 11.6 Å². The van der Waals surface area contributed by atoms with Crippen LogP contribution in [-0.4, -0.2) is 70.6 Å². The van der Waals surface area contributed by atoms with Crippen molar-refractivity contribution < 1.29 is 9.59 Å². The zero-order valence-corrected chi connectivity index (χ0v) is 24.2. The number of anilines is 1. The van der Waals surface area contributed by atoms with Gasteiger partial charge in [0, 0.05) is 37.8 Å². The monoisotopic (exact) mass is 567 g/mol. The molecule has 1 aliphatic heterocycles. The molecule has 0 bridgehead atoms. The average molecular weight is 568 g/mol. The number of rotatable bonds is 8. The van der Waals surface area contributed by atoms with Gasteiger partial charge in [-0.15, -0.1) is 10.2 Å². The molecule has 41 heavy (non-hydrogen) atoms. The molecule has 0 radical (unpaired) electrons. The Morgan fingerprint density at radius 2 is 1.44 bits per heavy atom. The number of carbonyl (C=O) groups is 2. The summed E-state index contributed by atoms with van der Waals surface area (Å²) in [6, 6.07) is 29.5. The molecule has 0 spiro atoms. The van der Waals surface area contributed by atoms with E-state index < -0.39 is 0 Å². The first-order chi connectivity index (χ1) is 19.9. The third kappa shape index (κ3) is 6.57. The van der Waals surface area contributed by atoms with Gasteiger partial charge < -0.3 is 14.7 Å². The summed E-state index contributed by atoms with van der Waals surface area (Å²) in [6.45, 7) is 6.39. The summed E-state index contributed by atoms with van der Waals surface area (Å²) in [5.41, 5.74) is 4.58. The molecular weight excluding hydrogens is 534 g/mol. The van der Waals surface area contributed by atoms with Gasteiger partial charge in [0.25, 0.3) is 5.91 Å². The van der Waals surface area contributed by atoms with Gasteiger partial charge in [0.05, 0.1) is 16.3 Å². The fourth-order valence-electron chi connectivity index (χ4n) is 4.98. The highest BCUT2D eigenvalue weighted by molar-refractivity contribution is 6.33. The van der Waals surface area contributed by atoms with Crippen molar-refractivity contribution in [3.63, 3.8) is 0 Å². The lowest BCUT2D eigenvalue weighted by atomic mass is 10.0. The molecule has 1 aliphatic rings. The van der Waals surface area contributed by atoms with E-state index in [9.17, 15) is 9.59 Å². The second-order valence-electron chi connectivity index (χ2n) is 10.3. The quantitative estimate of drug-likeness (QED) is 0.259. The Kier molecular flexibility index (Phi) is 8.95. The second-order valence-corrected chi connectivity index (χ2v) is 10.7. The molecule has 1 unspecified atom stereocenters. The third-order valence-electron chi connectivity index (χ3n) is 7.69. The van der Waals surface area contributed by atoms with Crippen LogP contribution in [0.5, 0.6) is 0 Å². The molecule has 2 amide bonds. The first-order valence-electron chi connectivity index (χ1n) is 14.0. The fourth-order valence-corrected chi connectivity index (χ4v) is 5.20. The van der Waals surface area contributed by atoms with Crippen molar-refractivity contribution in [3.05, 3.63) is 102 Å². The minimum atomic E-state index is -0.220. The number of nitrogens with zero attached hydrogens (tertiary/aromatic N) is 5. The molecule has 0 saturated carbocycles. The van der Waals surface area contributed by atoms with Crippen LogP contribution in [0.15, 0.2) is 91.0 Å². The Bertz CT molecular complexity index is 1470. The molecule has 4 aromatic rings. The van der Waals surface area contributed by atoms with Crippen molar-refractivity contribution in [2.75, 3.05) is 37.6 Å². The molecule has 1 saturated heterocycles. The summed E-state index contributed by atoms with van der Waals surface area (Å²) in [5.74, 6) is 0.504. The highest BCUT2D eigenvalue weighted by Gasteiger charge is 2.28. The molecular formula is C33H34ClN5O2. The van der Waals surface area contributed by atoms with Crippen LogP contribution < -0.4 is 4.90 Å². The lowest BCUT2D eigenvalue weighted by Crippen LogP contribution is -2.53. The number of carbonyl (C=O) groups excluding carboxylic acids is 2. The van der Waals surface area contributed by atoms with Crippen molar-refractivity contribution >= 4 is 29.2 Å². The first kappa shape index (κ1) is 28.3. The van der Waals surface area contributed by atoms with Crippen molar-refractivity contribution in [1.29, 1.82) is 0 Å². The number of halogens is 1. The van der Waals surface area contributed by atoms with E-state index in [0.29, 0.717) is 36.8 Å². The molecule has 8 heteroatoms. The molecule has 210 valence electrons. The first-order valence-corrected chi connectivity index (χ1v) is 14.4. The zero-order chi connectivity index (χ0) is 28.8. The summed E-state index contributed by atoms with van der Waals surface area (Å²) in [4.78, 5) is 32.1. The standard InChI is InChI=1S/C33H34ClN5O2/c1-3-24(2)39(33(41)28-11-7-8-12-29(28)34)23-32(40)38-21-19-37(20-22-38)31-18-17-30(35-36-31)27-15-13-26(14-16-27)25-9-5-4-6-10-25/h4-18,24H,3,19-23H2,1-2H3. The number of hydrogen-bond donors (Lipinski definition) is 0. The largest absolute Gasteiger partial charge is 0.352 e. The molecule has 0 aliphatic carbocycles. The second kappa shape index (κ2) is 13.0. The van der Waals surface area contributed by atoms with Crippen molar-refractivity contribution in [3.8, 4) is 22.4 Å². The smallest absolute Gasteiger partial charge is 0.256 e. The lowest BCUT2D eigenvalue weighted by Gasteiger charge is -2.37. The Labute approximate surface area is 246 Å². The van der Waals surface area contributed by atoms with E-state index in [2.05, 4.69) is 51.5 Å². The van der Waals surface area contributed by atoms with Crippen LogP contribution in [0, 0.1) is 0 Å². The van der Waals surface area contributed by atoms with E-state index in [1.807, 2.05) is 49.1 Å². The number of piperazine rings is 1. The predicted octanol–water partition coefficient (Wildman–Crippen LogP) is 6.05. The van der Waals surface area contributed by atoms with Gasteiger partial charge in [0.15, 0.2) is 5.82 Å².